The average Bonchev–Trinajstić information content (AvgIpc) is 2.54. The molecule has 0 spiro atoms. The highest BCUT2D eigenvalue weighted by Crippen LogP contribution is 2.27. The van der Waals surface area contributed by atoms with Crippen LogP contribution in [-0.2, 0) is 11.3 Å². The van der Waals surface area contributed by atoms with Crippen molar-refractivity contribution in [1.82, 2.24) is 4.98 Å². The molecule has 1 aromatic carbocycles. The van der Waals surface area contributed by atoms with E-state index in [1.54, 1.807) is 25.1 Å². The second-order valence-electron chi connectivity index (χ2n) is 4.32. The molecule has 0 aliphatic heterocycles. The van der Waals surface area contributed by atoms with Crippen molar-refractivity contribution in [2.45, 2.75) is 13.5 Å². The molecular weight excluding hydrogens is 289 g/mol. The molecule has 2 aromatic rings. The van der Waals surface area contributed by atoms with Crippen LogP contribution < -0.4 is 9.47 Å². The molecule has 22 heavy (non-hydrogen) atoms. The fraction of sp³-hybridized carbons (Fsp3) is 0.250. The van der Waals surface area contributed by atoms with E-state index in [2.05, 4.69) is 4.98 Å². The Morgan fingerprint density at radius 3 is 2.73 bits per heavy atom. The Hall–Kier alpha value is -2.63. The lowest BCUT2D eigenvalue weighted by atomic mass is 10.2. The van der Waals surface area contributed by atoms with Gasteiger partial charge in [-0.2, -0.15) is 0 Å². The summed E-state index contributed by atoms with van der Waals surface area (Å²) >= 11 is 0. The number of ether oxygens (including phenoxy) is 3. The zero-order valence-electron chi connectivity index (χ0n) is 12.3. The van der Waals surface area contributed by atoms with Gasteiger partial charge in [0.15, 0.2) is 17.2 Å². The van der Waals surface area contributed by atoms with E-state index in [0.29, 0.717) is 17.1 Å². The lowest BCUT2D eigenvalue weighted by molar-refractivity contribution is 0.0519. The first-order valence-electron chi connectivity index (χ1n) is 6.73. The van der Waals surface area contributed by atoms with Crippen LogP contribution in [0.25, 0.3) is 0 Å². The number of methoxy groups -OCH3 is 1. The predicted molar refractivity (Wildman–Crippen MR) is 77.5 cm³/mol. The van der Waals surface area contributed by atoms with Crippen LogP contribution in [-0.4, -0.2) is 24.7 Å². The quantitative estimate of drug-likeness (QED) is 0.768. The fourth-order valence-corrected chi connectivity index (χ4v) is 1.78. The molecular formula is C16H16FNO4. The smallest absolute Gasteiger partial charge is 0.357 e. The summed E-state index contributed by atoms with van der Waals surface area (Å²) in [5.74, 6) is -0.243. The van der Waals surface area contributed by atoms with Crippen molar-refractivity contribution in [2.75, 3.05) is 13.7 Å². The molecule has 0 bridgehead atoms. The van der Waals surface area contributed by atoms with Crippen LogP contribution in [0.1, 0.15) is 23.0 Å². The van der Waals surface area contributed by atoms with Gasteiger partial charge in [0.2, 0.25) is 0 Å². The number of nitrogens with zero attached hydrogens (tertiary/aromatic N) is 1. The Morgan fingerprint density at radius 2 is 2.05 bits per heavy atom. The normalized spacial score (nSPS) is 10.1. The van der Waals surface area contributed by atoms with Crippen molar-refractivity contribution >= 4 is 5.97 Å². The van der Waals surface area contributed by atoms with Crippen molar-refractivity contribution in [3.8, 4) is 11.5 Å². The molecule has 116 valence electrons. The molecule has 0 amide bonds. The van der Waals surface area contributed by atoms with E-state index in [1.807, 2.05) is 0 Å². The van der Waals surface area contributed by atoms with Gasteiger partial charge in [-0.3, -0.25) is 0 Å². The highest BCUT2D eigenvalue weighted by molar-refractivity contribution is 5.87. The SMILES string of the molecule is CCOC(=O)c1cc(OC)c(OCc2ccccc2F)cn1. The molecule has 0 fully saturated rings. The molecule has 0 aliphatic carbocycles. The van der Waals surface area contributed by atoms with E-state index in [9.17, 15) is 9.18 Å². The van der Waals surface area contributed by atoms with Crippen molar-refractivity contribution in [3.63, 3.8) is 0 Å². The number of benzene rings is 1. The molecule has 1 aromatic heterocycles. The maximum Gasteiger partial charge on any atom is 0.357 e. The van der Waals surface area contributed by atoms with E-state index >= 15 is 0 Å². The van der Waals surface area contributed by atoms with Gasteiger partial charge in [0.1, 0.15) is 12.4 Å². The van der Waals surface area contributed by atoms with Gasteiger partial charge in [0.25, 0.3) is 0 Å². The number of rotatable bonds is 6. The molecule has 1 heterocycles. The summed E-state index contributed by atoms with van der Waals surface area (Å²) in [6.45, 7) is 2.00. The van der Waals surface area contributed by atoms with Gasteiger partial charge in [0.05, 0.1) is 19.9 Å². The van der Waals surface area contributed by atoms with Crippen LogP contribution in [0.2, 0.25) is 0 Å². The second-order valence-corrected chi connectivity index (χ2v) is 4.32. The summed E-state index contributed by atoms with van der Waals surface area (Å²) in [5, 5.41) is 0. The van der Waals surface area contributed by atoms with Crippen molar-refractivity contribution in [1.29, 1.82) is 0 Å². The average molecular weight is 305 g/mol. The third kappa shape index (κ3) is 3.72. The molecule has 0 aliphatic rings. The van der Waals surface area contributed by atoms with Crippen molar-refractivity contribution in [3.05, 3.63) is 53.6 Å². The lowest BCUT2D eigenvalue weighted by Crippen LogP contribution is -2.08. The van der Waals surface area contributed by atoms with Crippen LogP contribution in [0, 0.1) is 5.82 Å². The molecule has 0 N–H and O–H groups in total. The molecule has 6 heteroatoms. The maximum absolute atomic E-state index is 13.5. The van der Waals surface area contributed by atoms with Crippen LogP contribution in [0.4, 0.5) is 4.39 Å². The number of carbonyl (C=O) groups excluding carboxylic acids is 1. The van der Waals surface area contributed by atoms with Crippen LogP contribution in [0.3, 0.4) is 0 Å². The van der Waals surface area contributed by atoms with Gasteiger partial charge >= 0.3 is 5.97 Å². The van der Waals surface area contributed by atoms with Crippen LogP contribution >= 0.6 is 0 Å². The number of hydrogen-bond acceptors (Lipinski definition) is 5. The van der Waals surface area contributed by atoms with E-state index in [-0.39, 0.29) is 24.7 Å². The number of esters is 1. The summed E-state index contributed by atoms with van der Waals surface area (Å²) in [7, 11) is 1.44. The summed E-state index contributed by atoms with van der Waals surface area (Å²) in [6.07, 6.45) is 1.35. The summed E-state index contributed by atoms with van der Waals surface area (Å²) in [5.41, 5.74) is 0.538. The molecule has 0 atom stereocenters. The molecule has 0 unspecified atom stereocenters. The Morgan fingerprint density at radius 1 is 1.27 bits per heavy atom. The van der Waals surface area contributed by atoms with Crippen molar-refractivity contribution < 1.29 is 23.4 Å². The number of aromatic nitrogens is 1. The zero-order valence-corrected chi connectivity index (χ0v) is 12.3. The largest absolute Gasteiger partial charge is 0.493 e. The topological polar surface area (TPSA) is 57.7 Å². The Bertz CT molecular complexity index is 660. The first kappa shape index (κ1) is 15.8. The molecule has 0 saturated carbocycles. The van der Waals surface area contributed by atoms with E-state index in [0.717, 1.165) is 0 Å². The highest BCUT2D eigenvalue weighted by Gasteiger charge is 2.14. The summed E-state index contributed by atoms with van der Waals surface area (Å²) < 4.78 is 29.1. The first-order chi connectivity index (χ1) is 10.7. The zero-order chi connectivity index (χ0) is 15.9. The lowest BCUT2D eigenvalue weighted by Gasteiger charge is -2.11. The maximum atomic E-state index is 13.5. The van der Waals surface area contributed by atoms with Crippen molar-refractivity contribution in [2.24, 2.45) is 0 Å². The third-order valence-corrected chi connectivity index (χ3v) is 2.88. The standard InChI is InChI=1S/C16H16FNO4/c1-3-21-16(19)13-8-14(20-2)15(9-18-13)22-10-11-6-4-5-7-12(11)17/h4-9H,3,10H2,1-2H3. The minimum Gasteiger partial charge on any atom is -0.493 e. The fourth-order valence-electron chi connectivity index (χ4n) is 1.78. The molecule has 2 rings (SSSR count). The van der Waals surface area contributed by atoms with E-state index < -0.39 is 5.97 Å². The first-order valence-corrected chi connectivity index (χ1v) is 6.73. The number of carbonyl (C=O) groups is 1. The van der Waals surface area contributed by atoms with Gasteiger partial charge in [-0.05, 0) is 13.0 Å². The van der Waals surface area contributed by atoms with Gasteiger partial charge in [-0.15, -0.1) is 0 Å². The number of pyridine rings is 1. The minimum absolute atomic E-state index is 0.0312. The molecule has 0 radical (unpaired) electrons. The van der Waals surface area contributed by atoms with E-state index in [4.69, 9.17) is 14.2 Å². The van der Waals surface area contributed by atoms with Crippen LogP contribution in [0.15, 0.2) is 36.5 Å². The molecule has 0 saturated heterocycles. The van der Waals surface area contributed by atoms with E-state index in [1.165, 1.54) is 25.4 Å². The highest BCUT2D eigenvalue weighted by atomic mass is 19.1. The summed E-state index contributed by atoms with van der Waals surface area (Å²) in [4.78, 5) is 15.6. The minimum atomic E-state index is -0.540. The third-order valence-electron chi connectivity index (χ3n) is 2.88. The second kappa shape index (κ2) is 7.40. The van der Waals surface area contributed by atoms with Gasteiger partial charge in [0, 0.05) is 11.6 Å². The Kier molecular flexibility index (Phi) is 5.30. The molecule has 5 nitrogen and oxygen atoms in total. The number of hydrogen-bond donors (Lipinski definition) is 0. The Balaban J connectivity index is 2.14. The van der Waals surface area contributed by atoms with Gasteiger partial charge in [-0.25, -0.2) is 14.2 Å². The summed E-state index contributed by atoms with van der Waals surface area (Å²) in [6, 6.07) is 7.74. The Labute approximate surface area is 127 Å². The van der Waals surface area contributed by atoms with Gasteiger partial charge in [-0.1, -0.05) is 18.2 Å². The van der Waals surface area contributed by atoms with Gasteiger partial charge < -0.3 is 14.2 Å². The monoisotopic (exact) mass is 305 g/mol. The van der Waals surface area contributed by atoms with Crippen LogP contribution in [0.5, 0.6) is 11.5 Å². The number of halogens is 1. The predicted octanol–water partition coefficient (Wildman–Crippen LogP) is 2.99.